The minimum Gasteiger partial charge on any atom is -0.387 e. The molecule has 0 bridgehead atoms. The van der Waals surface area contributed by atoms with Crippen LogP contribution in [0.15, 0.2) is 0 Å². The van der Waals surface area contributed by atoms with Gasteiger partial charge >= 0.3 is 0 Å². The number of hydrogen-bond acceptors (Lipinski definition) is 2. The van der Waals surface area contributed by atoms with Gasteiger partial charge in [0.1, 0.15) is 0 Å². The first-order valence-electron chi connectivity index (χ1n) is 5.05. The van der Waals surface area contributed by atoms with Gasteiger partial charge in [-0.25, -0.2) is 0 Å². The molecule has 0 amide bonds. The minimum absolute atomic E-state index is 0.366. The van der Waals surface area contributed by atoms with Crippen LogP contribution in [0.5, 0.6) is 0 Å². The number of rotatable bonds is 3. The Morgan fingerprint density at radius 1 is 1.42 bits per heavy atom. The van der Waals surface area contributed by atoms with E-state index < -0.39 is 0 Å². The van der Waals surface area contributed by atoms with Crippen molar-refractivity contribution in [3.8, 4) is 0 Å². The van der Waals surface area contributed by atoms with Crippen LogP contribution in [-0.4, -0.2) is 35.2 Å². The summed E-state index contributed by atoms with van der Waals surface area (Å²) < 4.78 is 0. The van der Waals surface area contributed by atoms with Gasteiger partial charge in [-0.05, 0) is 24.7 Å². The topological polar surface area (TPSA) is 23.5 Å². The molecule has 0 aromatic rings. The molecule has 0 atom stereocenters. The third-order valence-corrected chi connectivity index (χ3v) is 3.28. The summed E-state index contributed by atoms with van der Waals surface area (Å²) in [7, 11) is 0. The Balaban J connectivity index is 1.74. The van der Waals surface area contributed by atoms with Crippen LogP contribution in [0, 0.1) is 11.8 Å². The van der Waals surface area contributed by atoms with Gasteiger partial charge in [-0.15, -0.1) is 0 Å². The lowest BCUT2D eigenvalue weighted by Gasteiger charge is -2.49. The first-order valence-corrected chi connectivity index (χ1v) is 5.05. The number of β-amino-alcohol motifs (C(OH)–C–C–N with tert-alkyl or cyclic N) is 1. The molecule has 0 spiro atoms. The van der Waals surface area contributed by atoms with E-state index in [-0.39, 0.29) is 5.60 Å². The lowest BCUT2D eigenvalue weighted by Crippen LogP contribution is -2.64. The average molecular weight is 169 g/mol. The molecule has 2 aliphatic rings. The molecule has 2 nitrogen and oxygen atoms in total. The van der Waals surface area contributed by atoms with Crippen LogP contribution >= 0.6 is 0 Å². The molecule has 12 heavy (non-hydrogen) atoms. The fraction of sp³-hybridized carbons (Fsp3) is 1.00. The maximum atomic E-state index is 9.95. The molecule has 0 radical (unpaired) electrons. The van der Waals surface area contributed by atoms with Crippen LogP contribution in [0.1, 0.15) is 26.7 Å². The molecular formula is C10H19NO. The predicted octanol–water partition coefficient (Wildman–Crippen LogP) is 1.10. The molecule has 0 aromatic carbocycles. The first kappa shape index (κ1) is 8.52. The van der Waals surface area contributed by atoms with E-state index in [1.807, 2.05) is 0 Å². The lowest BCUT2D eigenvalue weighted by atomic mass is 9.83. The van der Waals surface area contributed by atoms with Crippen molar-refractivity contribution in [1.29, 1.82) is 0 Å². The maximum absolute atomic E-state index is 9.95. The number of hydrogen-bond donors (Lipinski definition) is 1. The second-order valence-electron chi connectivity index (χ2n) is 4.87. The molecular weight excluding hydrogens is 150 g/mol. The molecule has 1 aliphatic heterocycles. The van der Waals surface area contributed by atoms with E-state index in [4.69, 9.17) is 0 Å². The van der Waals surface area contributed by atoms with Crippen molar-refractivity contribution in [2.75, 3.05) is 19.6 Å². The molecule has 70 valence electrons. The van der Waals surface area contributed by atoms with Crippen molar-refractivity contribution in [2.45, 2.75) is 32.3 Å². The molecule has 1 aliphatic carbocycles. The minimum atomic E-state index is -0.366. The Kier molecular flexibility index (Phi) is 1.92. The van der Waals surface area contributed by atoms with E-state index in [9.17, 15) is 5.11 Å². The fourth-order valence-corrected chi connectivity index (χ4v) is 1.89. The maximum Gasteiger partial charge on any atom is 0.0922 e. The van der Waals surface area contributed by atoms with Crippen LogP contribution in [0.4, 0.5) is 0 Å². The number of aliphatic hydroxyl groups is 1. The highest BCUT2D eigenvalue weighted by Crippen LogP contribution is 2.35. The molecule has 2 heteroatoms. The van der Waals surface area contributed by atoms with Crippen LogP contribution < -0.4 is 0 Å². The van der Waals surface area contributed by atoms with Crippen molar-refractivity contribution in [1.82, 2.24) is 4.90 Å². The van der Waals surface area contributed by atoms with E-state index in [1.165, 1.54) is 19.4 Å². The summed E-state index contributed by atoms with van der Waals surface area (Å²) in [4.78, 5) is 2.39. The Bertz CT molecular complexity index is 169. The summed E-state index contributed by atoms with van der Waals surface area (Å²) in [6, 6.07) is 0. The average Bonchev–Trinajstić information content (AvgIpc) is 2.67. The van der Waals surface area contributed by atoms with Gasteiger partial charge < -0.3 is 5.11 Å². The Morgan fingerprint density at radius 3 is 2.42 bits per heavy atom. The highest BCUT2D eigenvalue weighted by Gasteiger charge is 2.44. The molecule has 1 N–H and O–H groups in total. The van der Waals surface area contributed by atoms with Crippen molar-refractivity contribution in [2.24, 2.45) is 11.8 Å². The highest BCUT2D eigenvalue weighted by molar-refractivity contribution is 4.98. The van der Waals surface area contributed by atoms with Crippen LogP contribution in [0.25, 0.3) is 0 Å². The zero-order valence-corrected chi connectivity index (χ0v) is 8.08. The van der Waals surface area contributed by atoms with Gasteiger partial charge in [0.15, 0.2) is 0 Å². The van der Waals surface area contributed by atoms with Gasteiger partial charge in [0.05, 0.1) is 5.60 Å². The summed E-state index contributed by atoms with van der Waals surface area (Å²) in [5, 5.41) is 9.95. The lowest BCUT2D eigenvalue weighted by molar-refractivity contribution is -0.128. The van der Waals surface area contributed by atoms with Gasteiger partial charge in [-0.3, -0.25) is 4.90 Å². The van der Waals surface area contributed by atoms with E-state index in [1.54, 1.807) is 0 Å². The van der Waals surface area contributed by atoms with Gasteiger partial charge in [0.25, 0.3) is 0 Å². The number of likely N-dealkylation sites (tertiary alicyclic amines) is 1. The Hall–Kier alpha value is -0.0800. The summed E-state index contributed by atoms with van der Waals surface area (Å²) in [6.45, 7) is 7.25. The first-order chi connectivity index (χ1) is 5.60. The molecule has 0 aromatic heterocycles. The molecule has 1 saturated carbocycles. The van der Waals surface area contributed by atoms with Crippen molar-refractivity contribution >= 4 is 0 Å². The van der Waals surface area contributed by atoms with Gasteiger partial charge in [0, 0.05) is 19.6 Å². The fourth-order valence-electron chi connectivity index (χ4n) is 1.89. The zero-order valence-electron chi connectivity index (χ0n) is 8.08. The van der Waals surface area contributed by atoms with Gasteiger partial charge in [-0.2, -0.15) is 0 Å². The molecule has 2 fully saturated rings. The standard InChI is InChI=1S/C10H19NO/c1-8(2)10(12)6-11(7-10)5-9-3-4-9/h8-9,12H,3-7H2,1-2H3. The highest BCUT2D eigenvalue weighted by atomic mass is 16.3. The molecule has 1 heterocycles. The molecule has 2 rings (SSSR count). The zero-order chi connectivity index (χ0) is 8.77. The van der Waals surface area contributed by atoms with Crippen LogP contribution in [0.3, 0.4) is 0 Å². The SMILES string of the molecule is CC(C)C1(O)CN(CC2CC2)C1. The van der Waals surface area contributed by atoms with Gasteiger partial charge in [-0.1, -0.05) is 13.8 Å². The Labute approximate surface area is 74.6 Å². The van der Waals surface area contributed by atoms with Crippen molar-refractivity contribution in [3.63, 3.8) is 0 Å². The monoisotopic (exact) mass is 169 g/mol. The normalized spacial score (nSPS) is 29.0. The van der Waals surface area contributed by atoms with E-state index >= 15 is 0 Å². The smallest absolute Gasteiger partial charge is 0.0922 e. The van der Waals surface area contributed by atoms with E-state index in [2.05, 4.69) is 18.7 Å². The second-order valence-corrected chi connectivity index (χ2v) is 4.87. The van der Waals surface area contributed by atoms with Gasteiger partial charge in [0.2, 0.25) is 0 Å². The largest absolute Gasteiger partial charge is 0.387 e. The van der Waals surface area contributed by atoms with Crippen LogP contribution in [-0.2, 0) is 0 Å². The van der Waals surface area contributed by atoms with Crippen molar-refractivity contribution in [3.05, 3.63) is 0 Å². The van der Waals surface area contributed by atoms with E-state index in [0.29, 0.717) is 5.92 Å². The van der Waals surface area contributed by atoms with Crippen LogP contribution in [0.2, 0.25) is 0 Å². The third kappa shape index (κ3) is 1.50. The summed E-state index contributed by atoms with van der Waals surface area (Å²) in [5.41, 5.74) is -0.366. The number of nitrogens with zero attached hydrogens (tertiary/aromatic N) is 1. The quantitative estimate of drug-likeness (QED) is 0.684. The summed E-state index contributed by atoms with van der Waals surface area (Å²) >= 11 is 0. The molecule has 0 unspecified atom stereocenters. The summed E-state index contributed by atoms with van der Waals surface area (Å²) in [5.74, 6) is 1.37. The third-order valence-electron chi connectivity index (χ3n) is 3.28. The van der Waals surface area contributed by atoms with Crippen molar-refractivity contribution < 1.29 is 5.11 Å². The Morgan fingerprint density at radius 2 is 2.00 bits per heavy atom. The molecule has 1 saturated heterocycles. The summed E-state index contributed by atoms with van der Waals surface area (Å²) in [6.07, 6.45) is 2.83. The van der Waals surface area contributed by atoms with E-state index in [0.717, 1.165) is 19.0 Å². The second kappa shape index (κ2) is 2.71. The predicted molar refractivity (Wildman–Crippen MR) is 49.0 cm³/mol.